The van der Waals surface area contributed by atoms with Gasteiger partial charge in [-0.1, -0.05) is 24.3 Å². The summed E-state index contributed by atoms with van der Waals surface area (Å²) in [5.41, 5.74) is 2.26. The van der Waals surface area contributed by atoms with Crippen LogP contribution in [-0.2, 0) is 7.05 Å². The van der Waals surface area contributed by atoms with E-state index < -0.39 is 4.92 Å². The molecule has 0 fully saturated rings. The zero-order valence-electron chi connectivity index (χ0n) is 18.6. The Kier molecular flexibility index (Phi) is 5.89. The third kappa shape index (κ3) is 4.20. The van der Waals surface area contributed by atoms with Gasteiger partial charge in [-0.3, -0.25) is 19.6 Å². The normalized spacial score (nSPS) is 12.1. The Labute approximate surface area is 206 Å². The number of hydrogen-bond acceptors (Lipinski definition) is 8. The van der Waals surface area contributed by atoms with E-state index in [9.17, 15) is 14.9 Å². The van der Waals surface area contributed by atoms with Crippen molar-refractivity contribution in [2.24, 2.45) is 17.1 Å². The fraction of sp³-hybridized carbons (Fsp3) is 0.0870. The van der Waals surface area contributed by atoms with Crippen molar-refractivity contribution in [1.82, 2.24) is 14.0 Å². The van der Waals surface area contributed by atoms with E-state index in [1.54, 1.807) is 14.0 Å². The lowest BCUT2D eigenvalue weighted by molar-refractivity contribution is -0.402. The van der Waals surface area contributed by atoms with E-state index in [1.165, 1.54) is 41.0 Å². The van der Waals surface area contributed by atoms with Gasteiger partial charge in [0.1, 0.15) is 4.92 Å². The molecule has 5 rings (SSSR count). The van der Waals surface area contributed by atoms with Gasteiger partial charge in [-0.2, -0.15) is 5.10 Å². The largest absolute Gasteiger partial charge is 0.433 e. The van der Waals surface area contributed by atoms with Crippen LogP contribution in [0.4, 0.5) is 11.6 Å². The standard InChI is InChI=1S/C23H18N6O4S2/c1-15-21(22(30)28(26(15)2)16-7-4-3-5-8-16)25-23-27(18(14-35-23)19-9-6-12-34-19)24-13-17-10-11-20(33-17)29(31)32/h3-14H,1-2H3. The first-order chi connectivity index (χ1) is 16.9. The second-order valence-corrected chi connectivity index (χ2v) is 9.18. The molecule has 5 aromatic rings. The summed E-state index contributed by atoms with van der Waals surface area (Å²) >= 11 is 2.87. The van der Waals surface area contributed by atoms with E-state index in [0.717, 1.165) is 16.3 Å². The maximum atomic E-state index is 13.3. The zero-order chi connectivity index (χ0) is 24.5. The summed E-state index contributed by atoms with van der Waals surface area (Å²) < 4.78 is 10.1. The van der Waals surface area contributed by atoms with Gasteiger partial charge in [0.05, 0.1) is 34.2 Å². The molecule has 0 aliphatic heterocycles. The Hall–Kier alpha value is -4.29. The molecular weight excluding hydrogens is 488 g/mol. The molecule has 0 saturated heterocycles. The summed E-state index contributed by atoms with van der Waals surface area (Å²) in [7, 11) is 1.81. The molecular formula is C23H18N6O4S2. The summed E-state index contributed by atoms with van der Waals surface area (Å²) in [4.78, 5) is 29.8. The first-order valence-corrected chi connectivity index (χ1v) is 12.1. The van der Waals surface area contributed by atoms with Crippen molar-refractivity contribution in [1.29, 1.82) is 0 Å². The van der Waals surface area contributed by atoms with E-state index in [4.69, 9.17) is 9.41 Å². The number of thiazole rings is 1. The van der Waals surface area contributed by atoms with Gasteiger partial charge < -0.3 is 4.42 Å². The van der Waals surface area contributed by atoms with Crippen LogP contribution in [0.15, 0.2) is 84.7 Å². The van der Waals surface area contributed by atoms with Gasteiger partial charge in [0.15, 0.2) is 11.4 Å². The summed E-state index contributed by atoms with van der Waals surface area (Å²) in [6.07, 6.45) is 1.38. The second kappa shape index (κ2) is 9.16. The van der Waals surface area contributed by atoms with Gasteiger partial charge in [-0.15, -0.1) is 22.7 Å². The van der Waals surface area contributed by atoms with E-state index in [1.807, 2.05) is 67.2 Å². The highest BCUT2D eigenvalue weighted by molar-refractivity contribution is 7.14. The monoisotopic (exact) mass is 506 g/mol. The molecule has 0 bridgehead atoms. The van der Waals surface area contributed by atoms with E-state index in [-0.39, 0.29) is 17.2 Å². The van der Waals surface area contributed by atoms with E-state index in [0.29, 0.717) is 16.2 Å². The Morgan fingerprint density at radius 2 is 1.89 bits per heavy atom. The molecule has 0 saturated carbocycles. The number of thiophene rings is 1. The Balaban J connectivity index is 1.66. The van der Waals surface area contributed by atoms with Crippen LogP contribution >= 0.6 is 22.7 Å². The minimum absolute atomic E-state index is 0.223. The van der Waals surface area contributed by atoms with Crippen LogP contribution in [0.1, 0.15) is 11.5 Å². The molecule has 12 heteroatoms. The first-order valence-electron chi connectivity index (χ1n) is 10.4. The number of benzene rings is 1. The van der Waals surface area contributed by atoms with Crippen molar-refractivity contribution in [2.45, 2.75) is 6.92 Å². The molecule has 0 spiro atoms. The highest BCUT2D eigenvalue weighted by Crippen LogP contribution is 2.26. The van der Waals surface area contributed by atoms with Gasteiger partial charge in [0.25, 0.3) is 5.56 Å². The average Bonchev–Trinajstić information content (AvgIpc) is 3.64. The number of para-hydroxylation sites is 1. The Morgan fingerprint density at radius 1 is 1.09 bits per heavy atom. The minimum Gasteiger partial charge on any atom is -0.400 e. The van der Waals surface area contributed by atoms with Gasteiger partial charge in [-0.05, 0) is 36.6 Å². The number of rotatable bonds is 6. The van der Waals surface area contributed by atoms with Crippen molar-refractivity contribution in [3.63, 3.8) is 0 Å². The zero-order valence-corrected chi connectivity index (χ0v) is 20.2. The van der Waals surface area contributed by atoms with Crippen molar-refractivity contribution < 1.29 is 9.34 Å². The van der Waals surface area contributed by atoms with Crippen LogP contribution in [0, 0.1) is 17.0 Å². The van der Waals surface area contributed by atoms with Crippen LogP contribution in [-0.4, -0.2) is 25.2 Å². The Morgan fingerprint density at radius 3 is 2.57 bits per heavy atom. The lowest BCUT2D eigenvalue weighted by Crippen LogP contribution is -2.19. The van der Waals surface area contributed by atoms with Crippen molar-refractivity contribution >= 4 is 40.5 Å². The molecule has 35 heavy (non-hydrogen) atoms. The van der Waals surface area contributed by atoms with Gasteiger partial charge >= 0.3 is 5.88 Å². The van der Waals surface area contributed by atoms with Crippen LogP contribution in [0.3, 0.4) is 0 Å². The fourth-order valence-corrected chi connectivity index (χ4v) is 5.12. The molecule has 4 heterocycles. The highest BCUT2D eigenvalue weighted by Gasteiger charge is 2.17. The molecule has 1 aromatic carbocycles. The number of aromatic nitrogens is 3. The van der Waals surface area contributed by atoms with Gasteiger partial charge in [0, 0.05) is 12.4 Å². The van der Waals surface area contributed by atoms with Crippen molar-refractivity contribution in [2.75, 3.05) is 0 Å². The molecule has 0 aliphatic rings. The molecule has 0 N–H and O–H groups in total. The lowest BCUT2D eigenvalue weighted by Gasteiger charge is -2.07. The topological polar surface area (TPSA) is 113 Å². The third-order valence-electron chi connectivity index (χ3n) is 5.28. The van der Waals surface area contributed by atoms with Gasteiger partial charge in [0.2, 0.25) is 4.80 Å². The predicted molar refractivity (Wildman–Crippen MR) is 135 cm³/mol. The smallest absolute Gasteiger partial charge is 0.400 e. The first kappa shape index (κ1) is 22.5. The van der Waals surface area contributed by atoms with Gasteiger partial charge in [-0.25, -0.2) is 14.4 Å². The maximum absolute atomic E-state index is 13.3. The van der Waals surface area contributed by atoms with Crippen LogP contribution in [0.5, 0.6) is 0 Å². The van der Waals surface area contributed by atoms with E-state index >= 15 is 0 Å². The summed E-state index contributed by atoms with van der Waals surface area (Å²) in [6.45, 7) is 1.84. The Bertz CT molecular complexity index is 1670. The molecule has 0 aliphatic carbocycles. The maximum Gasteiger partial charge on any atom is 0.433 e. The van der Waals surface area contributed by atoms with Crippen molar-refractivity contribution in [3.05, 3.63) is 102 Å². The molecule has 0 radical (unpaired) electrons. The molecule has 10 nitrogen and oxygen atoms in total. The number of nitro groups is 1. The van der Waals surface area contributed by atoms with Crippen molar-refractivity contribution in [3.8, 4) is 16.3 Å². The van der Waals surface area contributed by atoms with E-state index in [2.05, 4.69) is 5.10 Å². The van der Waals surface area contributed by atoms with Crippen LogP contribution in [0.2, 0.25) is 0 Å². The number of furan rings is 1. The SMILES string of the molecule is Cc1c(N=c2scc(-c3cccs3)n2N=Cc2ccc([N+](=O)[O-])o2)c(=O)n(-c2ccccc2)n1C. The quantitative estimate of drug-likeness (QED) is 0.189. The molecule has 176 valence electrons. The lowest BCUT2D eigenvalue weighted by atomic mass is 10.3. The fourth-order valence-electron chi connectivity index (χ4n) is 3.49. The summed E-state index contributed by atoms with van der Waals surface area (Å²) in [6, 6.07) is 16.0. The molecule has 0 atom stereocenters. The molecule has 0 unspecified atom stereocenters. The predicted octanol–water partition coefficient (Wildman–Crippen LogP) is 4.69. The number of nitrogens with zero attached hydrogens (tertiary/aromatic N) is 6. The molecule has 0 amide bonds. The number of hydrogen-bond donors (Lipinski definition) is 0. The highest BCUT2D eigenvalue weighted by atomic mass is 32.1. The average molecular weight is 507 g/mol. The molecule has 4 aromatic heterocycles. The summed E-state index contributed by atoms with van der Waals surface area (Å²) in [5.74, 6) is -0.146. The second-order valence-electron chi connectivity index (χ2n) is 7.39. The van der Waals surface area contributed by atoms with Crippen LogP contribution in [0.25, 0.3) is 16.3 Å². The minimum atomic E-state index is -0.608. The summed E-state index contributed by atoms with van der Waals surface area (Å²) in [5, 5.41) is 19.3. The third-order valence-corrected chi connectivity index (χ3v) is 6.99. The van der Waals surface area contributed by atoms with Crippen LogP contribution < -0.4 is 10.4 Å².